The van der Waals surface area contributed by atoms with Gasteiger partial charge in [-0.25, -0.2) is 4.98 Å². The van der Waals surface area contributed by atoms with E-state index in [1.807, 2.05) is 12.1 Å². The molecule has 2 heterocycles. The Hall–Kier alpha value is -3.20. The molecule has 1 aromatic carbocycles. The summed E-state index contributed by atoms with van der Waals surface area (Å²) in [5.41, 5.74) is 2.14. The number of amides is 2. The molecule has 0 unspecified atom stereocenters. The van der Waals surface area contributed by atoms with E-state index in [4.69, 9.17) is 10.1 Å². The van der Waals surface area contributed by atoms with Gasteiger partial charge in [-0.3, -0.25) is 14.4 Å². The van der Waals surface area contributed by atoms with Crippen molar-refractivity contribution in [3.05, 3.63) is 52.0 Å². The monoisotopic (exact) mass is 484 g/mol. The van der Waals surface area contributed by atoms with Gasteiger partial charge in [0.2, 0.25) is 5.91 Å². The molecule has 0 aliphatic heterocycles. The highest BCUT2D eigenvalue weighted by atomic mass is 32.1. The van der Waals surface area contributed by atoms with Crippen molar-refractivity contribution < 1.29 is 19.5 Å². The van der Waals surface area contributed by atoms with Crippen molar-refractivity contribution in [3.8, 4) is 0 Å². The van der Waals surface area contributed by atoms with Crippen LogP contribution in [0.15, 0.2) is 35.7 Å². The molecule has 182 valence electrons. The molecule has 0 atom stereocenters. The van der Waals surface area contributed by atoms with Crippen LogP contribution in [-0.2, 0) is 16.0 Å². The Kier molecular flexibility index (Phi) is 8.44. The van der Waals surface area contributed by atoms with Gasteiger partial charge in [-0.1, -0.05) is 19.9 Å². The number of carboxylic acid groups (broad SMARTS) is 1. The molecule has 0 aliphatic carbocycles. The first-order chi connectivity index (χ1) is 16.2. The molecule has 0 aliphatic rings. The Labute approximate surface area is 203 Å². The summed E-state index contributed by atoms with van der Waals surface area (Å²) in [5, 5.41) is 13.7. The summed E-state index contributed by atoms with van der Waals surface area (Å²) in [5.74, 6) is -0.959. The summed E-state index contributed by atoms with van der Waals surface area (Å²) >= 11 is 1.70. The Morgan fingerprint density at radius 3 is 2.50 bits per heavy atom. The number of benzene rings is 1. The van der Waals surface area contributed by atoms with Crippen LogP contribution in [0.25, 0.3) is 11.0 Å². The molecule has 3 aromatic rings. The average molecular weight is 485 g/mol. The van der Waals surface area contributed by atoms with Crippen LogP contribution in [-0.4, -0.2) is 56.5 Å². The highest BCUT2D eigenvalue weighted by molar-refractivity contribution is 7.09. The zero-order valence-corrected chi connectivity index (χ0v) is 20.9. The third-order valence-electron chi connectivity index (χ3n) is 5.89. The van der Waals surface area contributed by atoms with Crippen LogP contribution in [0.3, 0.4) is 0 Å². The van der Waals surface area contributed by atoms with Gasteiger partial charge in [0, 0.05) is 28.9 Å². The second kappa shape index (κ2) is 11.3. The van der Waals surface area contributed by atoms with Crippen molar-refractivity contribution in [3.63, 3.8) is 0 Å². The summed E-state index contributed by atoms with van der Waals surface area (Å²) in [6, 6.07) is 9.58. The van der Waals surface area contributed by atoms with Crippen molar-refractivity contribution in [1.29, 1.82) is 0 Å². The van der Waals surface area contributed by atoms with E-state index in [-0.39, 0.29) is 12.6 Å². The smallest absolute Gasteiger partial charge is 0.323 e. The Morgan fingerprint density at radius 2 is 1.91 bits per heavy atom. The van der Waals surface area contributed by atoms with Crippen molar-refractivity contribution >= 4 is 40.2 Å². The van der Waals surface area contributed by atoms with Crippen LogP contribution in [0.1, 0.15) is 67.6 Å². The number of thiophene rings is 1. The van der Waals surface area contributed by atoms with Crippen LogP contribution >= 0.6 is 11.3 Å². The SMILES string of the molecule is CCC(CC)n1c(Cc2cccs2)nc2cc(C(=O)NCC(=O)N(CC(=O)O)C(C)C)ccc21. The Balaban J connectivity index is 1.83. The van der Waals surface area contributed by atoms with E-state index in [0.29, 0.717) is 11.6 Å². The van der Waals surface area contributed by atoms with E-state index in [0.717, 1.165) is 36.1 Å². The highest BCUT2D eigenvalue weighted by Crippen LogP contribution is 2.28. The van der Waals surface area contributed by atoms with Crippen LogP contribution in [0, 0.1) is 0 Å². The second-order valence-corrected chi connectivity index (χ2v) is 9.55. The molecule has 2 aromatic heterocycles. The molecular formula is C25H32N4O4S. The van der Waals surface area contributed by atoms with Crippen LogP contribution in [0.2, 0.25) is 0 Å². The fourth-order valence-electron chi connectivity index (χ4n) is 4.11. The minimum absolute atomic E-state index is 0.270. The third kappa shape index (κ3) is 5.83. The van der Waals surface area contributed by atoms with E-state index in [2.05, 4.69) is 35.2 Å². The number of carbonyl (C=O) groups is 3. The minimum Gasteiger partial charge on any atom is -0.480 e. The molecule has 0 spiro atoms. The number of rotatable bonds is 11. The van der Waals surface area contributed by atoms with Gasteiger partial charge in [-0.15, -0.1) is 11.3 Å². The Bertz CT molecular complexity index is 1150. The van der Waals surface area contributed by atoms with Crippen LogP contribution in [0.4, 0.5) is 0 Å². The van der Waals surface area contributed by atoms with Gasteiger partial charge in [0.05, 0.1) is 17.6 Å². The maximum absolute atomic E-state index is 12.8. The van der Waals surface area contributed by atoms with Gasteiger partial charge < -0.3 is 19.9 Å². The topological polar surface area (TPSA) is 105 Å². The number of aromatic nitrogens is 2. The number of carboxylic acids is 1. The van der Waals surface area contributed by atoms with Gasteiger partial charge in [0.15, 0.2) is 0 Å². The maximum Gasteiger partial charge on any atom is 0.323 e. The van der Waals surface area contributed by atoms with Gasteiger partial charge in [-0.2, -0.15) is 0 Å². The fourth-order valence-corrected chi connectivity index (χ4v) is 4.81. The first-order valence-corrected chi connectivity index (χ1v) is 12.5. The van der Waals surface area contributed by atoms with Crippen molar-refractivity contribution in [2.75, 3.05) is 13.1 Å². The summed E-state index contributed by atoms with van der Waals surface area (Å²) in [6.45, 7) is 7.13. The quantitative estimate of drug-likeness (QED) is 0.426. The summed E-state index contributed by atoms with van der Waals surface area (Å²) in [6.07, 6.45) is 2.69. The molecule has 8 nitrogen and oxygen atoms in total. The minimum atomic E-state index is -1.09. The Morgan fingerprint density at radius 1 is 1.18 bits per heavy atom. The first kappa shape index (κ1) is 25.4. The van der Waals surface area contributed by atoms with Gasteiger partial charge >= 0.3 is 5.97 Å². The number of imidazole rings is 1. The van der Waals surface area contributed by atoms with Gasteiger partial charge in [-0.05, 0) is 56.3 Å². The number of hydrogen-bond acceptors (Lipinski definition) is 5. The molecule has 3 rings (SSSR count). The molecule has 9 heteroatoms. The molecule has 0 radical (unpaired) electrons. The maximum atomic E-state index is 12.8. The van der Waals surface area contributed by atoms with Crippen molar-refractivity contribution in [2.45, 2.75) is 59.0 Å². The second-order valence-electron chi connectivity index (χ2n) is 8.52. The van der Waals surface area contributed by atoms with E-state index >= 15 is 0 Å². The molecular weight excluding hydrogens is 452 g/mol. The molecule has 0 saturated carbocycles. The average Bonchev–Trinajstić information content (AvgIpc) is 3.44. The van der Waals surface area contributed by atoms with Gasteiger partial charge in [0.25, 0.3) is 5.91 Å². The molecule has 2 amide bonds. The lowest BCUT2D eigenvalue weighted by Gasteiger charge is -2.24. The molecule has 34 heavy (non-hydrogen) atoms. The number of nitrogens with one attached hydrogen (secondary N) is 1. The normalized spacial score (nSPS) is 11.4. The number of carbonyl (C=O) groups excluding carboxylic acids is 2. The van der Waals surface area contributed by atoms with E-state index < -0.39 is 24.3 Å². The number of aliphatic carboxylic acids is 1. The summed E-state index contributed by atoms with van der Waals surface area (Å²) < 4.78 is 2.28. The van der Waals surface area contributed by atoms with Crippen molar-refractivity contribution in [2.24, 2.45) is 0 Å². The standard InChI is InChI=1S/C25H32N4O4S/c1-5-18(6-2)29-21-10-9-17(12-20(21)27-22(29)13-19-8-7-11-34-19)25(33)26-14-23(30)28(16(3)4)15-24(31)32/h7-12,16,18H,5-6,13-15H2,1-4H3,(H,26,33)(H,31,32). The van der Waals surface area contributed by atoms with E-state index in [1.165, 1.54) is 9.78 Å². The lowest BCUT2D eigenvalue weighted by atomic mass is 10.1. The zero-order valence-electron chi connectivity index (χ0n) is 20.1. The van der Waals surface area contributed by atoms with E-state index in [9.17, 15) is 14.4 Å². The lowest BCUT2D eigenvalue weighted by molar-refractivity contribution is -0.145. The number of fused-ring (bicyclic) bond motifs is 1. The fraction of sp³-hybridized carbons (Fsp3) is 0.440. The largest absolute Gasteiger partial charge is 0.480 e. The molecule has 0 saturated heterocycles. The van der Waals surface area contributed by atoms with Gasteiger partial charge in [0.1, 0.15) is 12.4 Å². The predicted molar refractivity (Wildman–Crippen MR) is 133 cm³/mol. The lowest BCUT2D eigenvalue weighted by Crippen LogP contribution is -2.45. The predicted octanol–water partition coefficient (Wildman–Crippen LogP) is 4.10. The summed E-state index contributed by atoms with van der Waals surface area (Å²) in [7, 11) is 0. The molecule has 2 N–H and O–H groups in total. The molecule has 0 fully saturated rings. The molecule has 0 bridgehead atoms. The van der Waals surface area contributed by atoms with E-state index in [1.54, 1.807) is 37.3 Å². The number of nitrogens with zero attached hydrogens (tertiary/aromatic N) is 3. The summed E-state index contributed by atoms with van der Waals surface area (Å²) in [4.78, 5) is 43.6. The zero-order chi connectivity index (χ0) is 24.8. The highest BCUT2D eigenvalue weighted by Gasteiger charge is 2.22. The van der Waals surface area contributed by atoms with Crippen LogP contribution < -0.4 is 5.32 Å². The first-order valence-electron chi connectivity index (χ1n) is 11.6. The number of hydrogen-bond donors (Lipinski definition) is 2. The third-order valence-corrected chi connectivity index (χ3v) is 6.77. The van der Waals surface area contributed by atoms with Crippen molar-refractivity contribution in [1.82, 2.24) is 19.8 Å². The van der Waals surface area contributed by atoms with Crippen LogP contribution in [0.5, 0.6) is 0 Å².